The van der Waals surface area contributed by atoms with E-state index in [0.29, 0.717) is 0 Å². The number of hydrogen-bond acceptors (Lipinski definition) is 3. The number of phosphoric acid groups is 1. The molecular weight excluding hydrogens is 295 g/mol. The Morgan fingerprint density at radius 3 is 1.00 bits per heavy atom. The molecule has 0 rings (SSSR count). The number of aliphatic carboxylic acids is 2. The zero-order chi connectivity index (χ0) is 14.8. The molecule has 0 spiro atoms. The van der Waals surface area contributed by atoms with E-state index in [4.69, 9.17) is 29.5 Å². The third kappa shape index (κ3) is 56.9. The molecular formula is C8H17CaO8P. The van der Waals surface area contributed by atoms with Crippen LogP contribution < -0.4 is 0 Å². The summed E-state index contributed by atoms with van der Waals surface area (Å²) in [5.41, 5.74) is 0.352. The van der Waals surface area contributed by atoms with Crippen molar-refractivity contribution in [1.82, 2.24) is 0 Å². The van der Waals surface area contributed by atoms with Gasteiger partial charge in [-0.15, -0.1) is 0 Å². The predicted molar refractivity (Wildman–Crippen MR) is 67.1 cm³/mol. The van der Waals surface area contributed by atoms with Crippen molar-refractivity contribution in [2.75, 3.05) is 0 Å². The molecule has 0 aromatic carbocycles. The molecule has 10 heteroatoms. The molecule has 0 unspecified atom stereocenters. The van der Waals surface area contributed by atoms with Crippen LogP contribution in [0.1, 0.15) is 16.7 Å². The second-order valence-corrected chi connectivity index (χ2v) is 3.71. The molecule has 8 nitrogen and oxygen atoms in total. The Morgan fingerprint density at radius 2 is 1.00 bits per heavy atom. The minimum atomic E-state index is -4.64. The SMILES string of the molecule is C=C(C)C(=O)O.C=C(C)C(=O)O.O=P(O)(O)O.[Ca+2].[H-].[H-]. The van der Waals surface area contributed by atoms with Crippen molar-refractivity contribution >= 4 is 57.5 Å². The van der Waals surface area contributed by atoms with Gasteiger partial charge in [-0.2, -0.15) is 0 Å². The van der Waals surface area contributed by atoms with E-state index in [2.05, 4.69) is 13.2 Å². The Morgan fingerprint density at radius 1 is 0.944 bits per heavy atom. The summed E-state index contributed by atoms with van der Waals surface area (Å²) in [5.74, 6) is -1.87. The quantitative estimate of drug-likeness (QED) is 0.275. The van der Waals surface area contributed by atoms with Gasteiger partial charge in [0.2, 0.25) is 0 Å². The fourth-order valence-corrected chi connectivity index (χ4v) is 0. The van der Waals surface area contributed by atoms with Crippen LogP contribution in [-0.4, -0.2) is 74.6 Å². The van der Waals surface area contributed by atoms with Gasteiger partial charge in [-0.3, -0.25) is 0 Å². The van der Waals surface area contributed by atoms with E-state index in [9.17, 15) is 9.59 Å². The number of carboxylic acids is 2. The molecule has 0 fully saturated rings. The van der Waals surface area contributed by atoms with Gasteiger partial charge >= 0.3 is 57.5 Å². The van der Waals surface area contributed by atoms with Crippen molar-refractivity contribution < 1.29 is 41.9 Å². The van der Waals surface area contributed by atoms with Crippen LogP contribution >= 0.6 is 7.82 Å². The summed E-state index contributed by atoms with van der Waals surface area (Å²) < 4.78 is 8.88. The summed E-state index contributed by atoms with van der Waals surface area (Å²) in [7, 11) is -4.64. The van der Waals surface area contributed by atoms with Gasteiger partial charge in [-0.1, -0.05) is 13.2 Å². The summed E-state index contributed by atoms with van der Waals surface area (Å²) in [4.78, 5) is 40.8. The average molecular weight is 312 g/mol. The molecule has 0 heterocycles. The summed E-state index contributed by atoms with van der Waals surface area (Å²) in [6.07, 6.45) is 0. The molecule has 0 radical (unpaired) electrons. The molecule has 0 aliphatic rings. The molecule has 104 valence electrons. The molecule has 0 aliphatic carbocycles. The van der Waals surface area contributed by atoms with Crippen LogP contribution in [0.2, 0.25) is 0 Å². The number of carboxylic acid groups (broad SMARTS) is 2. The third-order valence-corrected chi connectivity index (χ3v) is 0.730. The molecule has 0 aromatic heterocycles. The Labute approximate surface area is 137 Å². The van der Waals surface area contributed by atoms with Crippen LogP contribution in [-0.2, 0) is 14.2 Å². The summed E-state index contributed by atoms with van der Waals surface area (Å²) in [6.45, 7) is 9.20. The molecule has 18 heavy (non-hydrogen) atoms. The monoisotopic (exact) mass is 312 g/mol. The van der Waals surface area contributed by atoms with E-state index in [1.54, 1.807) is 0 Å². The zero-order valence-electron chi connectivity index (χ0n) is 12.0. The van der Waals surface area contributed by atoms with E-state index in [1.165, 1.54) is 13.8 Å². The summed E-state index contributed by atoms with van der Waals surface area (Å²) in [6, 6.07) is 0. The van der Waals surface area contributed by atoms with Crippen LogP contribution in [0.4, 0.5) is 0 Å². The van der Waals surface area contributed by atoms with Gasteiger partial charge in [0.15, 0.2) is 0 Å². The van der Waals surface area contributed by atoms with Crippen LogP contribution in [0.25, 0.3) is 0 Å². The predicted octanol–water partition coefficient (Wildman–Crippen LogP) is 0.210. The van der Waals surface area contributed by atoms with Crippen molar-refractivity contribution in [2.24, 2.45) is 0 Å². The maximum Gasteiger partial charge on any atom is 2.00 e. The van der Waals surface area contributed by atoms with Crippen LogP contribution in [0, 0.1) is 0 Å². The maximum atomic E-state index is 9.60. The van der Waals surface area contributed by atoms with Crippen molar-refractivity contribution in [3.05, 3.63) is 24.3 Å². The molecule has 0 amide bonds. The Balaban J connectivity index is -0.0000000343. The first-order valence-corrected chi connectivity index (χ1v) is 5.41. The van der Waals surface area contributed by atoms with Crippen molar-refractivity contribution in [2.45, 2.75) is 13.8 Å². The molecule has 0 saturated heterocycles. The summed E-state index contributed by atoms with van der Waals surface area (Å²) in [5, 5.41) is 15.8. The molecule has 5 N–H and O–H groups in total. The Bertz CT molecular complexity index is 298. The normalized spacial score (nSPS) is 8.28. The van der Waals surface area contributed by atoms with Crippen molar-refractivity contribution in [1.29, 1.82) is 0 Å². The van der Waals surface area contributed by atoms with Crippen LogP contribution in [0.5, 0.6) is 0 Å². The molecule has 0 atom stereocenters. The number of hydrogen-bond donors (Lipinski definition) is 5. The minimum Gasteiger partial charge on any atom is -1.00 e. The van der Waals surface area contributed by atoms with E-state index in [0.717, 1.165) is 0 Å². The van der Waals surface area contributed by atoms with Gasteiger partial charge in [0.25, 0.3) is 0 Å². The second-order valence-electron chi connectivity index (χ2n) is 2.68. The number of carbonyl (C=O) groups is 2. The van der Waals surface area contributed by atoms with Gasteiger partial charge in [0.05, 0.1) is 0 Å². The zero-order valence-corrected chi connectivity index (χ0v) is 13.1. The molecule has 0 saturated carbocycles. The summed E-state index contributed by atoms with van der Waals surface area (Å²) >= 11 is 0. The standard InChI is InChI=1S/2C4H6O2.Ca.H3O4P.2H/c2*1-3(2)4(5)6;;1-5(2,3)4;;/h2*1H2,2H3,(H,5,6);;(H3,1,2,3,4);;/q;;+2;;2*-1. The topological polar surface area (TPSA) is 152 Å². The van der Waals surface area contributed by atoms with E-state index in [1.807, 2.05) is 0 Å². The molecule has 0 aromatic rings. The first-order chi connectivity index (χ1) is 7.29. The van der Waals surface area contributed by atoms with E-state index >= 15 is 0 Å². The van der Waals surface area contributed by atoms with E-state index in [-0.39, 0.29) is 51.7 Å². The fraction of sp³-hybridized carbons (Fsp3) is 0.250. The van der Waals surface area contributed by atoms with Gasteiger partial charge in [-0.05, 0) is 13.8 Å². The minimum absolute atomic E-state index is 0. The van der Waals surface area contributed by atoms with Crippen molar-refractivity contribution in [3.8, 4) is 0 Å². The Kier molecular flexibility index (Phi) is 19.4. The largest absolute Gasteiger partial charge is 2.00 e. The van der Waals surface area contributed by atoms with Crippen molar-refractivity contribution in [3.63, 3.8) is 0 Å². The second kappa shape index (κ2) is 13.2. The smallest absolute Gasteiger partial charge is 1.00 e. The third-order valence-electron chi connectivity index (χ3n) is 0.730. The van der Waals surface area contributed by atoms with Gasteiger partial charge in [0.1, 0.15) is 0 Å². The first kappa shape index (κ1) is 26.4. The number of rotatable bonds is 2. The molecule has 0 aliphatic heterocycles. The van der Waals surface area contributed by atoms with Crippen LogP contribution in [0.3, 0.4) is 0 Å². The maximum absolute atomic E-state index is 9.60. The van der Waals surface area contributed by atoms with Crippen LogP contribution in [0.15, 0.2) is 24.3 Å². The van der Waals surface area contributed by atoms with Gasteiger partial charge < -0.3 is 27.7 Å². The fourth-order valence-electron chi connectivity index (χ4n) is 0. The van der Waals surface area contributed by atoms with Gasteiger partial charge in [0, 0.05) is 11.1 Å². The Hall–Kier alpha value is -0.210. The van der Waals surface area contributed by atoms with Gasteiger partial charge in [-0.25, -0.2) is 14.2 Å². The first-order valence-electron chi connectivity index (χ1n) is 3.85. The average Bonchev–Trinajstić information content (AvgIpc) is 2.01. The van der Waals surface area contributed by atoms with E-state index < -0.39 is 19.8 Å². The molecule has 0 bridgehead atoms.